The van der Waals surface area contributed by atoms with E-state index in [1.807, 2.05) is 24.3 Å². The number of benzene rings is 2. The van der Waals surface area contributed by atoms with Crippen LogP contribution in [0.2, 0.25) is 0 Å². The maximum Gasteiger partial charge on any atom is 0.407 e. The number of amides is 2. The van der Waals surface area contributed by atoms with Crippen molar-refractivity contribution in [3.05, 3.63) is 59.7 Å². The Hall–Kier alpha value is -3.39. The lowest BCUT2D eigenvalue weighted by Crippen LogP contribution is -2.51. The van der Waals surface area contributed by atoms with Crippen molar-refractivity contribution < 1.29 is 29.0 Å². The van der Waals surface area contributed by atoms with E-state index in [1.165, 1.54) is 0 Å². The van der Waals surface area contributed by atoms with E-state index in [9.17, 15) is 14.4 Å². The van der Waals surface area contributed by atoms with E-state index in [0.29, 0.717) is 26.0 Å². The van der Waals surface area contributed by atoms with Crippen LogP contribution in [0.25, 0.3) is 11.1 Å². The maximum absolute atomic E-state index is 13.1. The normalized spacial score (nSPS) is 23.4. The first-order valence-electron chi connectivity index (χ1n) is 11.8. The van der Waals surface area contributed by atoms with Gasteiger partial charge in [-0.2, -0.15) is 0 Å². The average molecular weight is 465 g/mol. The van der Waals surface area contributed by atoms with Crippen molar-refractivity contribution >= 4 is 18.0 Å². The summed E-state index contributed by atoms with van der Waals surface area (Å²) in [6, 6.07) is 15.4. The Morgan fingerprint density at radius 3 is 2.38 bits per heavy atom. The molecular formula is C26H28N2O6. The van der Waals surface area contributed by atoms with Crippen LogP contribution in [0.4, 0.5) is 4.79 Å². The van der Waals surface area contributed by atoms with Crippen LogP contribution in [0.1, 0.15) is 42.7 Å². The van der Waals surface area contributed by atoms with Crippen LogP contribution in [0.5, 0.6) is 0 Å². The molecule has 3 aliphatic rings. The van der Waals surface area contributed by atoms with Gasteiger partial charge in [0.15, 0.2) is 6.10 Å². The first-order chi connectivity index (χ1) is 16.5. The number of hydrogen-bond donors (Lipinski definition) is 2. The number of carboxylic acid groups (broad SMARTS) is 1. The Bertz CT molecular complexity index is 1060. The van der Waals surface area contributed by atoms with Crippen LogP contribution in [0.15, 0.2) is 48.5 Å². The molecule has 2 aromatic carbocycles. The van der Waals surface area contributed by atoms with E-state index in [-0.39, 0.29) is 30.9 Å². The number of carbonyl (C=O) groups excluding carboxylic acids is 2. The van der Waals surface area contributed by atoms with E-state index in [0.717, 1.165) is 28.7 Å². The summed E-state index contributed by atoms with van der Waals surface area (Å²) >= 11 is 0. The summed E-state index contributed by atoms with van der Waals surface area (Å²) in [5.74, 6) is -1.23. The molecule has 0 spiro atoms. The Labute approximate surface area is 197 Å². The molecule has 1 aliphatic carbocycles. The fourth-order valence-electron chi connectivity index (χ4n) is 5.48. The maximum atomic E-state index is 13.1. The Morgan fingerprint density at radius 1 is 1.03 bits per heavy atom. The molecule has 2 amide bonds. The van der Waals surface area contributed by atoms with Gasteiger partial charge < -0.3 is 24.8 Å². The fourth-order valence-corrected chi connectivity index (χ4v) is 5.48. The van der Waals surface area contributed by atoms with Crippen molar-refractivity contribution in [1.29, 1.82) is 0 Å². The Balaban J connectivity index is 1.21. The highest BCUT2D eigenvalue weighted by molar-refractivity contribution is 5.84. The Morgan fingerprint density at radius 2 is 1.71 bits per heavy atom. The summed E-state index contributed by atoms with van der Waals surface area (Å²) in [6.07, 6.45) is 0.436. The zero-order chi connectivity index (χ0) is 23.7. The summed E-state index contributed by atoms with van der Waals surface area (Å²) < 4.78 is 11.3. The van der Waals surface area contributed by atoms with Crippen molar-refractivity contribution in [2.45, 2.75) is 49.8 Å². The van der Waals surface area contributed by atoms with Crippen LogP contribution < -0.4 is 5.32 Å². The number of hydrogen-bond acceptors (Lipinski definition) is 5. The average Bonchev–Trinajstić information content (AvgIpc) is 3.55. The lowest BCUT2D eigenvalue weighted by Gasteiger charge is -2.28. The smallest absolute Gasteiger partial charge is 0.407 e. The van der Waals surface area contributed by atoms with Crippen molar-refractivity contribution in [3.8, 4) is 11.1 Å². The second kappa shape index (κ2) is 9.46. The van der Waals surface area contributed by atoms with Gasteiger partial charge in [0.25, 0.3) is 5.91 Å². The molecule has 34 heavy (non-hydrogen) atoms. The summed E-state index contributed by atoms with van der Waals surface area (Å²) in [6.45, 7) is 1.05. The minimum atomic E-state index is -0.926. The predicted molar refractivity (Wildman–Crippen MR) is 123 cm³/mol. The van der Waals surface area contributed by atoms with E-state index < -0.39 is 24.2 Å². The number of likely N-dealkylation sites (tertiary alicyclic amines) is 1. The third-order valence-electron chi connectivity index (χ3n) is 7.05. The van der Waals surface area contributed by atoms with Crippen LogP contribution >= 0.6 is 0 Å². The number of rotatable bonds is 6. The zero-order valence-corrected chi connectivity index (χ0v) is 18.8. The predicted octanol–water partition coefficient (Wildman–Crippen LogP) is 3.15. The molecule has 178 valence electrons. The summed E-state index contributed by atoms with van der Waals surface area (Å²) in [7, 11) is 0. The largest absolute Gasteiger partial charge is 0.481 e. The topological polar surface area (TPSA) is 105 Å². The number of fused-ring (bicyclic) bond motifs is 3. The van der Waals surface area contributed by atoms with Crippen LogP contribution in [-0.2, 0) is 19.1 Å². The van der Waals surface area contributed by atoms with Gasteiger partial charge in [-0.3, -0.25) is 9.59 Å². The molecule has 0 unspecified atom stereocenters. The molecule has 2 N–H and O–H groups in total. The van der Waals surface area contributed by atoms with Gasteiger partial charge in [0.05, 0.1) is 12.5 Å². The molecule has 0 saturated carbocycles. The summed E-state index contributed by atoms with van der Waals surface area (Å²) in [5, 5.41) is 11.9. The minimum Gasteiger partial charge on any atom is -0.481 e. The first kappa shape index (κ1) is 22.4. The van der Waals surface area contributed by atoms with Crippen LogP contribution in [-0.4, -0.2) is 65.9 Å². The minimum absolute atomic E-state index is 0.0446. The van der Waals surface area contributed by atoms with Gasteiger partial charge in [0, 0.05) is 25.1 Å². The molecule has 0 aromatic heterocycles. The second-order valence-electron chi connectivity index (χ2n) is 9.08. The molecule has 0 radical (unpaired) electrons. The molecule has 8 heteroatoms. The van der Waals surface area contributed by atoms with Gasteiger partial charge in [-0.1, -0.05) is 48.5 Å². The van der Waals surface area contributed by atoms with Crippen LogP contribution in [0.3, 0.4) is 0 Å². The molecule has 2 heterocycles. The highest BCUT2D eigenvalue weighted by atomic mass is 16.6. The van der Waals surface area contributed by atoms with Crippen molar-refractivity contribution in [2.24, 2.45) is 0 Å². The molecule has 0 bridgehead atoms. The van der Waals surface area contributed by atoms with Crippen molar-refractivity contribution in [3.63, 3.8) is 0 Å². The zero-order valence-electron chi connectivity index (χ0n) is 18.8. The van der Waals surface area contributed by atoms with E-state index in [4.69, 9.17) is 14.6 Å². The van der Waals surface area contributed by atoms with Gasteiger partial charge in [-0.25, -0.2) is 4.79 Å². The van der Waals surface area contributed by atoms with Gasteiger partial charge in [-0.05, 0) is 41.5 Å². The molecule has 2 saturated heterocycles. The number of alkyl carbamates (subject to hydrolysis) is 1. The quantitative estimate of drug-likeness (QED) is 0.681. The number of carboxylic acids is 1. The molecule has 5 rings (SSSR count). The summed E-state index contributed by atoms with van der Waals surface area (Å²) in [4.78, 5) is 38.5. The highest BCUT2D eigenvalue weighted by Gasteiger charge is 2.42. The van der Waals surface area contributed by atoms with E-state index in [2.05, 4.69) is 29.6 Å². The third kappa shape index (κ3) is 4.25. The molecule has 2 aliphatic heterocycles. The molecule has 3 atom stereocenters. The van der Waals surface area contributed by atoms with Gasteiger partial charge in [-0.15, -0.1) is 0 Å². The second-order valence-corrected chi connectivity index (χ2v) is 9.08. The standard InChI is InChI=1S/C26H28N2O6/c29-23(30)14-16-6-5-12-28(16)25(31)24-22(11-13-33-24)27-26(32)34-15-21-19-9-3-1-7-17(19)18-8-2-4-10-20(18)21/h1-4,7-10,16,21-22,24H,5-6,11-15H2,(H,27,32)(H,29,30)/t16-,22-,24+/m0/s1. The molecule has 8 nitrogen and oxygen atoms in total. The fraction of sp³-hybridized carbons (Fsp3) is 0.423. The van der Waals surface area contributed by atoms with E-state index >= 15 is 0 Å². The Kier molecular flexibility index (Phi) is 6.24. The van der Waals surface area contributed by atoms with Gasteiger partial charge in [0.2, 0.25) is 0 Å². The lowest BCUT2D eigenvalue weighted by atomic mass is 9.98. The first-order valence-corrected chi connectivity index (χ1v) is 11.8. The molecule has 2 fully saturated rings. The third-order valence-corrected chi connectivity index (χ3v) is 7.05. The van der Waals surface area contributed by atoms with Crippen LogP contribution in [0, 0.1) is 0 Å². The van der Waals surface area contributed by atoms with Gasteiger partial charge >= 0.3 is 12.1 Å². The monoisotopic (exact) mass is 464 g/mol. The lowest BCUT2D eigenvalue weighted by molar-refractivity contribution is -0.145. The number of nitrogens with one attached hydrogen (secondary N) is 1. The van der Waals surface area contributed by atoms with Crippen molar-refractivity contribution in [2.75, 3.05) is 19.8 Å². The number of carbonyl (C=O) groups is 3. The summed E-state index contributed by atoms with van der Waals surface area (Å²) in [5.41, 5.74) is 4.58. The highest BCUT2D eigenvalue weighted by Crippen LogP contribution is 2.44. The number of nitrogens with zero attached hydrogens (tertiary/aromatic N) is 1. The molecule has 2 aromatic rings. The van der Waals surface area contributed by atoms with E-state index in [1.54, 1.807) is 4.90 Å². The molecular weight excluding hydrogens is 436 g/mol. The number of aliphatic carboxylic acids is 1. The number of ether oxygens (including phenoxy) is 2. The van der Waals surface area contributed by atoms with Gasteiger partial charge in [0.1, 0.15) is 6.61 Å². The van der Waals surface area contributed by atoms with Crippen molar-refractivity contribution in [1.82, 2.24) is 10.2 Å². The SMILES string of the molecule is O=C(O)C[C@@H]1CCCN1C(=O)[C@@H]1OCC[C@@H]1NC(=O)OCC1c2ccccc2-c2ccccc21.